The summed E-state index contributed by atoms with van der Waals surface area (Å²) < 4.78 is 27.7. The first-order valence-corrected chi connectivity index (χ1v) is 10.5. The predicted octanol–water partition coefficient (Wildman–Crippen LogP) is 1.95. The Labute approximate surface area is 162 Å². The lowest BCUT2D eigenvalue weighted by molar-refractivity contribution is 0.0950. The van der Waals surface area contributed by atoms with Crippen LogP contribution >= 0.6 is 0 Å². The number of nitrogens with one attached hydrogen (secondary N) is 2. The summed E-state index contributed by atoms with van der Waals surface area (Å²) in [6.45, 7) is 0.188. The fourth-order valence-corrected chi connectivity index (χ4v) is 3.36. The van der Waals surface area contributed by atoms with Crippen LogP contribution in [0.4, 0.5) is 0 Å². The van der Waals surface area contributed by atoms with Crippen LogP contribution in [0.2, 0.25) is 0 Å². The fourth-order valence-electron chi connectivity index (χ4n) is 2.56. The summed E-state index contributed by atoms with van der Waals surface area (Å²) in [5.74, 6) is 1.45. The van der Waals surface area contributed by atoms with E-state index in [1.807, 2.05) is 24.3 Å². The first-order chi connectivity index (χ1) is 13.3. The number of aromatic nitrogens is 3. The molecule has 0 aliphatic heterocycles. The van der Waals surface area contributed by atoms with Gasteiger partial charge in [0.2, 0.25) is 0 Å². The Morgan fingerprint density at radius 2 is 1.79 bits per heavy atom. The first kappa shape index (κ1) is 19.6. The van der Waals surface area contributed by atoms with Gasteiger partial charge in [-0.1, -0.05) is 12.1 Å². The van der Waals surface area contributed by atoms with E-state index in [1.54, 1.807) is 31.4 Å². The van der Waals surface area contributed by atoms with E-state index in [-0.39, 0.29) is 18.2 Å². The Morgan fingerprint density at radius 3 is 2.39 bits per heavy atom. The number of aromatic amines is 1. The molecule has 2 N–H and O–H groups in total. The van der Waals surface area contributed by atoms with Gasteiger partial charge in [0.15, 0.2) is 15.7 Å². The molecule has 0 saturated carbocycles. The van der Waals surface area contributed by atoms with Gasteiger partial charge in [-0.3, -0.25) is 9.89 Å². The molecule has 9 heteroatoms. The number of carbonyl (C=O) groups is 1. The molecule has 0 unspecified atom stereocenters. The maximum atomic E-state index is 12.3. The zero-order valence-corrected chi connectivity index (χ0v) is 16.3. The van der Waals surface area contributed by atoms with Crippen LogP contribution < -0.4 is 10.1 Å². The van der Waals surface area contributed by atoms with Crippen molar-refractivity contribution in [3.05, 3.63) is 65.5 Å². The van der Waals surface area contributed by atoms with E-state index in [1.165, 1.54) is 6.26 Å². The molecule has 0 aliphatic carbocycles. The van der Waals surface area contributed by atoms with Gasteiger partial charge in [0.05, 0.1) is 19.4 Å². The smallest absolute Gasteiger partial charge is 0.251 e. The van der Waals surface area contributed by atoms with Crippen molar-refractivity contribution in [1.82, 2.24) is 20.5 Å². The highest BCUT2D eigenvalue weighted by atomic mass is 32.2. The Balaban J connectivity index is 1.59. The number of amides is 1. The Kier molecular flexibility index (Phi) is 5.74. The summed E-state index contributed by atoms with van der Waals surface area (Å²) in [5, 5.41) is 9.71. The third-order valence-electron chi connectivity index (χ3n) is 3.94. The van der Waals surface area contributed by atoms with Crippen molar-refractivity contribution in [1.29, 1.82) is 0 Å². The van der Waals surface area contributed by atoms with Gasteiger partial charge in [0, 0.05) is 17.4 Å². The molecule has 3 rings (SSSR count). The number of benzene rings is 2. The molecule has 8 nitrogen and oxygen atoms in total. The van der Waals surface area contributed by atoms with Crippen molar-refractivity contribution < 1.29 is 17.9 Å². The van der Waals surface area contributed by atoms with Crippen LogP contribution in [0.1, 0.15) is 21.7 Å². The lowest BCUT2D eigenvalue weighted by Crippen LogP contribution is -2.23. The molecule has 28 heavy (non-hydrogen) atoms. The minimum absolute atomic E-state index is 0.0545. The van der Waals surface area contributed by atoms with Crippen LogP contribution in [0.5, 0.6) is 5.75 Å². The molecule has 2 aromatic carbocycles. The van der Waals surface area contributed by atoms with E-state index in [0.717, 1.165) is 11.3 Å². The van der Waals surface area contributed by atoms with E-state index < -0.39 is 9.84 Å². The van der Waals surface area contributed by atoms with Gasteiger partial charge in [0.1, 0.15) is 11.6 Å². The molecule has 0 saturated heterocycles. The van der Waals surface area contributed by atoms with Crippen LogP contribution in [0.3, 0.4) is 0 Å². The number of rotatable bonds is 7. The largest absolute Gasteiger partial charge is 0.497 e. The van der Waals surface area contributed by atoms with Crippen molar-refractivity contribution in [2.45, 2.75) is 12.3 Å². The number of carbonyl (C=O) groups excluding carboxylic acids is 1. The first-order valence-electron chi connectivity index (χ1n) is 8.44. The molecule has 1 heterocycles. The molecular formula is C19H20N4O4S. The molecule has 0 atom stereocenters. The summed E-state index contributed by atoms with van der Waals surface area (Å²) in [4.78, 5) is 16.6. The molecule has 146 valence electrons. The van der Waals surface area contributed by atoms with Crippen molar-refractivity contribution in [3.63, 3.8) is 0 Å². The normalized spacial score (nSPS) is 11.2. The van der Waals surface area contributed by atoms with Gasteiger partial charge in [-0.25, -0.2) is 13.4 Å². The van der Waals surface area contributed by atoms with Crippen LogP contribution in [-0.4, -0.2) is 42.9 Å². The zero-order chi connectivity index (χ0) is 20.1. The number of hydrogen-bond acceptors (Lipinski definition) is 6. The van der Waals surface area contributed by atoms with Gasteiger partial charge in [-0.05, 0) is 42.0 Å². The lowest BCUT2D eigenvalue weighted by atomic mass is 10.1. The molecule has 0 aliphatic rings. The fraction of sp³-hybridized carbons (Fsp3) is 0.211. The SMILES string of the molecule is COc1ccc(-c2n[nH]c(CNC(=O)c3ccc(CS(C)(=O)=O)cc3)n2)cc1. The third kappa shape index (κ3) is 5.17. The van der Waals surface area contributed by atoms with Crippen molar-refractivity contribution in [3.8, 4) is 17.1 Å². The topological polar surface area (TPSA) is 114 Å². The second-order valence-corrected chi connectivity index (χ2v) is 8.42. The summed E-state index contributed by atoms with van der Waals surface area (Å²) in [7, 11) is -1.51. The summed E-state index contributed by atoms with van der Waals surface area (Å²) in [6, 6.07) is 13.8. The molecule has 1 amide bonds. The van der Waals surface area contributed by atoms with Crippen LogP contribution in [-0.2, 0) is 22.1 Å². The van der Waals surface area contributed by atoms with Gasteiger partial charge >= 0.3 is 0 Å². The Morgan fingerprint density at radius 1 is 1.11 bits per heavy atom. The average Bonchev–Trinajstić information content (AvgIpc) is 3.14. The molecule has 0 fully saturated rings. The lowest BCUT2D eigenvalue weighted by Gasteiger charge is -2.04. The highest BCUT2D eigenvalue weighted by Crippen LogP contribution is 2.18. The van der Waals surface area contributed by atoms with E-state index >= 15 is 0 Å². The molecule has 0 bridgehead atoms. The quantitative estimate of drug-likeness (QED) is 0.627. The van der Waals surface area contributed by atoms with Crippen molar-refractivity contribution in [2.24, 2.45) is 0 Å². The number of hydrogen-bond donors (Lipinski definition) is 2. The highest BCUT2D eigenvalue weighted by molar-refractivity contribution is 7.89. The zero-order valence-electron chi connectivity index (χ0n) is 15.5. The Bertz CT molecular complexity index is 1060. The van der Waals surface area contributed by atoms with E-state index in [9.17, 15) is 13.2 Å². The number of H-pyrrole nitrogens is 1. The monoisotopic (exact) mass is 400 g/mol. The maximum absolute atomic E-state index is 12.3. The third-order valence-corrected chi connectivity index (χ3v) is 4.80. The second kappa shape index (κ2) is 8.22. The average molecular weight is 400 g/mol. The van der Waals surface area contributed by atoms with E-state index in [4.69, 9.17) is 4.74 Å². The molecule has 1 aromatic heterocycles. The van der Waals surface area contributed by atoms with Gasteiger partial charge in [-0.2, -0.15) is 5.10 Å². The van der Waals surface area contributed by atoms with Crippen molar-refractivity contribution in [2.75, 3.05) is 13.4 Å². The van der Waals surface area contributed by atoms with E-state index in [0.29, 0.717) is 22.8 Å². The van der Waals surface area contributed by atoms with Gasteiger partial charge < -0.3 is 10.1 Å². The predicted molar refractivity (Wildman–Crippen MR) is 105 cm³/mol. The summed E-state index contributed by atoms with van der Waals surface area (Å²) >= 11 is 0. The Hall–Kier alpha value is -3.20. The van der Waals surface area contributed by atoms with E-state index in [2.05, 4.69) is 20.5 Å². The highest BCUT2D eigenvalue weighted by Gasteiger charge is 2.10. The maximum Gasteiger partial charge on any atom is 0.251 e. The molecular weight excluding hydrogens is 380 g/mol. The molecule has 3 aromatic rings. The minimum atomic E-state index is -3.11. The number of methoxy groups -OCH3 is 1. The number of ether oxygens (including phenoxy) is 1. The minimum Gasteiger partial charge on any atom is -0.497 e. The van der Waals surface area contributed by atoms with Crippen LogP contribution in [0.25, 0.3) is 11.4 Å². The van der Waals surface area contributed by atoms with Crippen LogP contribution in [0.15, 0.2) is 48.5 Å². The number of nitrogens with zero attached hydrogens (tertiary/aromatic N) is 2. The standard InChI is InChI=1S/C19H20N4O4S/c1-27-16-9-7-14(8-10-16)18-21-17(22-23-18)11-20-19(24)15-5-3-13(4-6-15)12-28(2,25)26/h3-10H,11-12H2,1-2H3,(H,20,24)(H,21,22,23). The number of sulfone groups is 1. The molecule has 0 spiro atoms. The summed E-state index contributed by atoms with van der Waals surface area (Å²) in [5.41, 5.74) is 1.90. The van der Waals surface area contributed by atoms with Crippen LogP contribution in [0, 0.1) is 0 Å². The van der Waals surface area contributed by atoms with Gasteiger partial charge in [0.25, 0.3) is 5.91 Å². The molecule has 0 radical (unpaired) electrons. The van der Waals surface area contributed by atoms with Gasteiger partial charge in [-0.15, -0.1) is 0 Å². The van der Waals surface area contributed by atoms with Crippen molar-refractivity contribution >= 4 is 15.7 Å². The summed E-state index contributed by atoms with van der Waals surface area (Å²) in [6.07, 6.45) is 1.17. The second-order valence-electron chi connectivity index (χ2n) is 6.28.